The summed E-state index contributed by atoms with van der Waals surface area (Å²) in [6.07, 6.45) is 1.53. The highest BCUT2D eigenvalue weighted by Crippen LogP contribution is 2.34. The molecule has 0 radical (unpaired) electrons. The van der Waals surface area contributed by atoms with Crippen LogP contribution in [0.3, 0.4) is 0 Å². The number of hydrogen-bond acceptors (Lipinski definition) is 6. The minimum atomic E-state index is -1.25. The van der Waals surface area contributed by atoms with Gasteiger partial charge in [0.25, 0.3) is 11.1 Å². The van der Waals surface area contributed by atoms with Crippen LogP contribution in [0.5, 0.6) is 11.5 Å². The van der Waals surface area contributed by atoms with Crippen LogP contribution >= 0.6 is 11.8 Å². The quantitative estimate of drug-likeness (QED) is 0.529. The number of rotatable bonds is 7. The van der Waals surface area contributed by atoms with Crippen molar-refractivity contribution >= 4 is 45.7 Å². The van der Waals surface area contributed by atoms with E-state index in [9.17, 15) is 14.4 Å². The van der Waals surface area contributed by atoms with E-state index in [1.165, 1.54) is 13.2 Å². The number of nitrogens with zero attached hydrogens (tertiary/aromatic N) is 1. The second-order valence-electron chi connectivity index (χ2n) is 7.04. The monoisotopic (exact) mass is 449 g/mol. The number of carboxylic acids is 1. The number of fused-ring (bicyclic) bond motifs is 1. The van der Waals surface area contributed by atoms with Crippen LogP contribution in [0.4, 0.5) is 4.79 Å². The molecule has 0 spiro atoms. The molecule has 3 aromatic rings. The van der Waals surface area contributed by atoms with E-state index in [4.69, 9.17) is 14.6 Å². The van der Waals surface area contributed by atoms with E-state index in [2.05, 4.69) is 12.1 Å². The van der Waals surface area contributed by atoms with Crippen LogP contribution in [0.1, 0.15) is 11.1 Å². The fourth-order valence-corrected chi connectivity index (χ4v) is 4.14. The van der Waals surface area contributed by atoms with E-state index in [1.54, 1.807) is 18.2 Å². The van der Waals surface area contributed by atoms with Crippen molar-refractivity contribution < 1.29 is 29.0 Å². The highest BCUT2D eigenvalue weighted by Gasteiger charge is 2.36. The van der Waals surface area contributed by atoms with Gasteiger partial charge in [0.1, 0.15) is 13.2 Å². The summed E-state index contributed by atoms with van der Waals surface area (Å²) >= 11 is 0.708. The molecule has 1 saturated heterocycles. The molecule has 7 nitrogen and oxygen atoms in total. The van der Waals surface area contributed by atoms with E-state index < -0.39 is 23.7 Å². The van der Waals surface area contributed by atoms with Gasteiger partial charge < -0.3 is 14.6 Å². The highest BCUT2D eigenvalue weighted by molar-refractivity contribution is 8.18. The summed E-state index contributed by atoms with van der Waals surface area (Å²) in [5, 5.41) is 10.5. The van der Waals surface area contributed by atoms with Crippen LogP contribution in [-0.4, -0.2) is 40.8 Å². The minimum Gasteiger partial charge on any atom is -0.493 e. The van der Waals surface area contributed by atoms with Crippen molar-refractivity contribution in [1.29, 1.82) is 0 Å². The van der Waals surface area contributed by atoms with Crippen molar-refractivity contribution in [3.8, 4) is 11.5 Å². The predicted molar refractivity (Wildman–Crippen MR) is 122 cm³/mol. The first kappa shape index (κ1) is 21.5. The summed E-state index contributed by atoms with van der Waals surface area (Å²) in [4.78, 5) is 36.0. The topological polar surface area (TPSA) is 93.1 Å². The maximum absolute atomic E-state index is 12.3. The number of amides is 2. The van der Waals surface area contributed by atoms with E-state index in [0.717, 1.165) is 16.3 Å². The molecular formula is C24H19NO6S. The standard InChI is InChI=1S/C24H19NO6S/c1-30-20-11-15(12-21-23(28)25(13-22(26)27)24(29)32-21)7-9-19(20)31-14-16-6-8-17-4-2-3-5-18(17)10-16/h2-12H,13-14H2,1H3,(H,26,27)/b21-12+. The molecule has 0 bridgehead atoms. The Bertz CT molecular complexity index is 1250. The van der Waals surface area contributed by atoms with Gasteiger partial charge in [-0.05, 0) is 57.9 Å². The van der Waals surface area contributed by atoms with Crippen LogP contribution in [0, 0.1) is 0 Å². The second-order valence-corrected chi connectivity index (χ2v) is 8.04. The number of hydrogen-bond donors (Lipinski definition) is 1. The summed E-state index contributed by atoms with van der Waals surface area (Å²) < 4.78 is 11.4. The largest absolute Gasteiger partial charge is 0.493 e. The van der Waals surface area contributed by atoms with Gasteiger partial charge in [-0.1, -0.05) is 42.5 Å². The molecule has 1 fully saturated rings. The van der Waals surface area contributed by atoms with E-state index in [1.807, 2.05) is 30.3 Å². The van der Waals surface area contributed by atoms with Gasteiger partial charge in [0.15, 0.2) is 11.5 Å². The summed E-state index contributed by atoms with van der Waals surface area (Å²) in [6.45, 7) is -0.304. The number of carboxylic acid groups (broad SMARTS) is 1. The van der Waals surface area contributed by atoms with Gasteiger partial charge in [-0.3, -0.25) is 19.3 Å². The van der Waals surface area contributed by atoms with Crippen molar-refractivity contribution in [1.82, 2.24) is 4.90 Å². The lowest BCUT2D eigenvalue weighted by Crippen LogP contribution is -2.33. The average Bonchev–Trinajstić information content (AvgIpc) is 3.04. The van der Waals surface area contributed by atoms with Crippen LogP contribution in [0.25, 0.3) is 16.8 Å². The van der Waals surface area contributed by atoms with Crippen LogP contribution in [0.2, 0.25) is 0 Å². The Kier molecular flexibility index (Phi) is 6.13. The molecule has 1 aliphatic heterocycles. The van der Waals surface area contributed by atoms with E-state index in [-0.39, 0.29) is 4.91 Å². The van der Waals surface area contributed by atoms with Gasteiger partial charge in [-0.2, -0.15) is 0 Å². The molecule has 0 atom stereocenters. The van der Waals surface area contributed by atoms with Gasteiger partial charge in [-0.15, -0.1) is 0 Å². The van der Waals surface area contributed by atoms with Crippen LogP contribution in [-0.2, 0) is 16.2 Å². The molecule has 0 saturated carbocycles. The average molecular weight is 449 g/mol. The SMILES string of the molecule is COc1cc(/C=C2/SC(=O)N(CC(=O)O)C2=O)ccc1OCc1ccc2ccccc2c1. The number of benzene rings is 3. The smallest absolute Gasteiger partial charge is 0.323 e. The molecule has 162 valence electrons. The minimum absolute atomic E-state index is 0.156. The third kappa shape index (κ3) is 4.60. The summed E-state index contributed by atoms with van der Waals surface area (Å²) in [5.74, 6) is -0.859. The Morgan fingerprint density at radius 1 is 1.03 bits per heavy atom. The van der Waals surface area contributed by atoms with E-state index >= 15 is 0 Å². The number of methoxy groups -OCH3 is 1. The molecule has 8 heteroatoms. The van der Waals surface area contributed by atoms with Crippen molar-refractivity contribution in [2.45, 2.75) is 6.61 Å². The summed E-state index contributed by atoms with van der Waals surface area (Å²) in [6, 6.07) is 19.4. The Morgan fingerprint density at radius 2 is 1.81 bits per heavy atom. The predicted octanol–water partition coefficient (Wildman–Crippen LogP) is 4.55. The zero-order valence-electron chi connectivity index (χ0n) is 17.1. The number of thioether (sulfide) groups is 1. The molecule has 1 heterocycles. The summed E-state index contributed by atoms with van der Waals surface area (Å²) in [7, 11) is 1.52. The number of ether oxygens (including phenoxy) is 2. The lowest BCUT2D eigenvalue weighted by atomic mass is 10.1. The van der Waals surface area contributed by atoms with Gasteiger partial charge in [0.2, 0.25) is 0 Å². The first-order valence-electron chi connectivity index (χ1n) is 9.70. The van der Waals surface area contributed by atoms with Crippen LogP contribution in [0.15, 0.2) is 65.6 Å². The normalized spacial score (nSPS) is 14.9. The number of imide groups is 1. The van der Waals surface area contributed by atoms with E-state index in [0.29, 0.717) is 40.3 Å². The van der Waals surface area contributed by atoms with Crippen molar-refractivity contribution in [3.05, 3.63) is 76.7 Å². The van der Waals surface area contributed by atoms with Crippen molar-refractivity contribution in [2.24, 2.45) is 0 Å². The molecule has 3 aromatic carbocycles. The molecular weight excluding hydrogens is 430 g/mol. The molecule has 2 amide bonds. The fraction of sp³-hybridized carbons (Fsp3) is 0.125. The molecule has 32 heavy (non-hydrogen) atoms. The number of aliphatic carboxylic acids is 1. The Hall–Kier alpha value is -3.78. The summed E-state index contributed by atoms with van der Waals surface area (Å²) in [5.41, 5.74) is 1.64. The Balaban J connectivity index is 1.50. The third-order valence-corrected chi connectivity index (χ3v) is 5.77. The third-order valence-electron chi connectivity index (χ3n) is 4.86. The lowest BCUT2D eigenvalue weighted by molar-refractivity contribution is -0.140. The Morgan fingerprint density at radius 3 is 2.56 bits per heavy atom. The van der Waals surface area contributed by atoms with Gasteiger partial charge in [0.05, 0.1) is 12.0 Å². The first-order valence-corrected chi connectivity index (χ1v) is 10.5. The van der Waals surface area contributed by atoms with Gasteiger partial charge in [-0.25, -0.2) is 0 Å². The zero-order chi connectivity index (χ0) is 22.7. The molecule has 4 rings (SSSR count). The molecule has 0 aromatic heterocycles. The number of carbonyl (C=O) groups excluding carboxylic acids is 2. The number of carbonyl (C=O) groups is 3. The molecule has 0 aliphatic carbocycles. The maximum Gasteiger partial charge on any atom is 0.323 e. The highest BCUT2D eigenvalue weighted by atomic mass is 32.2. The van der Waals surface area contributed by atoms with Gasteiger partial charge in [0, 0.05) is 0 Å². The van der Waals surface area contributed by atoms with Crippen molar-refractivity contribution in [2.75, 3.05) is 13.7 Å². The lowest BCUT2D eigenvalue weighted by Gasteiger charge is -2.12. The first-order chi connectivity index (χ1) is 15.4. The maximum atomic E-state index is 12.3. The molecule has 0 unspecified atom stereocenters. The molecule has 1 N–H and O–H groups in total. The molecule has 1 aliphatic rings. The second kappa shape index (κ2) is 9.15. The fourth-order valence-electron chi connectivity index (χ4n) is 3.31. The van der Waals surface area contributed by atoms with Crippen LogP contribution < -0.4 is 9.47 Å². The zero-order valence-corrected chi connectivity index (χ0v) is 17.9. The van der Waals surface area contributed by atoms with Crippen molar-refractivity contribution in [3.63, 3.8) is 0 Å². The van der Waals surface area contributed by atoms with Gasteiger partial charge >= 0.3 is 5.97 Å². The Labute approximate surface area is 188 Å².